The van der Waals surface area contributed by atoms with Gasteiger partial charge in [0.2, 0.25) is 0 Å². The van der Waals surface area contributed by atoms with Gasteiger partial charge in [-0.2, -0.15) is 5.26 Å². The monoisotopic (exact) mass is 261 g/mol. The van der Waals surface area contributed by atoms with E-state index in [0.29, 0.717) is 37.4 Å². The molecular weight excluding hydrogens is 242 g/mol. The highest BCUT2D eigenvalue weighted by Gasteiger charge is 2.33. The summed E-state index contributed by atoms with van der Waals surface area (Å²) in [6.45, 7) is 5.03. The van der Waals surface area contributed by atoms with Crippen molar-refractivity contribution in [1.29, 1.82) is 5.26 Å². The fraction of sp³-hybridized carbons (Fsp3) is 0.571. The van der Waals surface area contributed by atoms with Gasteiger partial charge >= 0.3 is 0 Å². The van der Waals surface area contributed by atoms with E-state index in [4.69, 9.17) is 4.74 Å². The molecule has 1 aliphatic heterocycles. The van der Waals surface area contributed by atoms with Crippen molar-refractivity contribution in [3.63, 3.8) is 0 Å². The number of nitrogens with one attached hydrogen (secondary N) is 1. The first kappa shape index (κ1) is 13.8. The summed E-state index contributed by atoms with van der Waals surface area (Å²) in [5, 5.41) is 22.2. The molecule has 0 aromatic carbocycles. The number of pyridine rings is 1. The lowest BCUT2D eigenvalue weighted by atomic mass is 9.90. The van der Waals surface area contributed by atoms with Crippen LogP contribution in [0, 0.1) is 25.2 Å². The van der Waals surface area contributed by atoms with Crippen LogP contribution in [0.1, 0.15) is 29.7 Å². The first-order valence-corrected chi connectivity index (χ1v) is 6.45. The largest absolute Gasteiger partial charge is 0.394 e. The van der Waals surface area contributed by atoms with E-state index in [9.17, 15) is 10.4 Å². The van der Waals surface area contributed by atoms with Gasteiger partial charge in [-0.3, -0.25) is 0 Å². The minimum atomic E-state index is -0.433. The molecule has 0 spiro atoms. The molecule has 0 bridgehead atoms. The van der Waals surface area contributed by atoms with Gasteiger partial charge in [0.15, 0.2) is 0 Å². The van der Waals surface area contributed by atoms with Crippen molar-refractivity contribution in [2.75, 3.05) is 25.1 Å². The van der Waals surface area contributed by atoms with Gasteiger partial charge in [-0.05, 0) is 38.3 Å². The van der Waals surface area contributed by atoms with E-state index in [-0.39, 0.29) is 6.61 Å². The average molecular weight is 261 g/mol. The molecule has 1 fully saturated rings. The minimum Gasteiger partial charge on any atom is -0.394 e. The van der Waals surface area contributed by atoms with Gasteiger partial charge in [0.1, 0.15) is 11.9 Å². The Kier molecular flexibility index (Phi) is 4.03. The molecule has 2 N–H and O–H groups in total. The van der Waals surface area contributed by atoms with E-state index in [1.807, 2.05) is 19.9 Å². The maximum absolute atomic E-state index is 9.68. The Hall–Kier alpha value is -1.64. The quantitative estimate of drug-likeness (QED) is 0.862. The van der Waals surface area contributed by atoms with E-state index < -0.39 is 5.54 Å². The summed E-state index contributed by atoms with van der Waals surface area (Å²) >= 11 is 0. The number of ether oxygens (including phenoxy) is 1. The van der Waals surface area contributed by atoms with E-state index in [1.165, 1.54) is 0 Å². The van der Waals surface area contributed by atoms with E-state index in [1.54, 1.807) is 0 Å². The summed E-state index contributed by atoms with van der Waals surface area (Å²) in [6.07, 6.45) is 1.42. The Balaban J connectivity index is 2.34. The average Bonchev–Trinajstić information content (AvgIpc) is 2.39. The van der Waals surface area contributed by atoms with Gasteiger partial charge in [-0.25, -0.2) is 4.98 Å². The lowest BCUT2D eigenvalue weighted by Gasteiger charge is -2.37. The molecule has 19 heavy (non-hydrogen) atoms. The first-order chi connectivity index (χ1) is 9.10. The number of aromatic nitrogens is 1. The molecule has 0 aliphatic carbocycles. The smallest absolute Gasteiger partial charge is 0.144 e. The van der Waals surface area contributed by atoms with Crippen LogP contribution in [0.4, 0.5) is 5.82 Å². The van der Waals surface area contributed by atoms with Crippen LogP contribution < -0.4 is 5.32 Å². The molecule has 1 aromatic rings. The van der Waals surface area contributed by atoms with Crippen molar-refractivity contribution < 1.29 is 9.84 Å². The summed E-state index contributed by atoms with van der Waals surface area (Å²) in [6, 6.07) is 4.07. The Bertz CT molecular complexity index is 502. The van der Waals surface area contributed by atoms with Crippen LogP contribution in [0.2, 0.25) is 0 Å². The highest BCUT2D eigenvalue weighted by atomic mass is 16.5. The van der Waals surface area contributed by atoms with Gasteiger partial charge in [0.25, 0.3) is 0 Å². The lowest BCUT2D eigenvalue weighted by Crippen LogP contribution is -2.47. The van der Waals surface area contributed by atoms with E-state index in [0.717, 1.165) is 11.3 Å². The van der Waals surface area contributed by atoms with Crippen molar-refractivity contribution in [3.8, 4) is 6.07 Å². The molecule has 0 atom stereocenters. The van der Waals surface area contributed by atoms with Gasteiger partial charge in [-0.1, -0.05) is 0 Å². The van der Waals surface area contributed by atoms with Crippen LogP contribution in [0.15, 0.2) is 6.07 Å². The Morgan fingerprint density at radius 2 is 2.16 bits per heavy atom. The van der Waals surface area contributed by atoms with Crippen molar-refractivity contribution in [2.24, 2.45) is 0 Å². The number of nitriles is 1. The zero-order chi connectivity index (χ0) is 13.9. The molecule has 1 aromatic heterocycles. The number of hydrogen-bond donors (Lipinski definition) is 2. The second kappa shape index (κ2) is 5.55. The number of aliphatic hydroxyl groups excluding tert-OH is 1. The topological polar surface area (TPSA) is 78.2 Å². The molecule has 0 amide bonds. The normalized spacial score (nSPS) is 17.8. The standard InChI is InChI=1S/C14H19N3O2/c1-10-7-11(2)16-13(12(10)8-15)17-14(9-18)3-5-19-6-4-14/h7,18H,3-6,9H2,1-2H3,(H,16,17). The highest BCUT2D eigenvalue weighted by Crippen LogP contribution is 2.27. The predicted molar refractivity (Wildman–Crippen MR) is 71.9 cm³/mol. The fourth-order valence-corrected chi connectivity index (χ4v) is 2.40. The summed E-state index contributed by atoms with van der Waals surface area (Å²) < 4.78 is 5.33. The van der Waals surface area contributed by atoms with Crippen LogP contribution in [-0.2, 0) is 4.74 Å². The number of aliphatic hydroxyl groups is 1. The Morgan fingerprint density at radius 3 is 2.74 bits per heavy atom. The second-order valence-corrected chi connectivity index (χ2v) is 5.09. The third-order valence-electron chi connectivity index (χ3n) is 3.59. The second-order valence-electron chi connectivity index (χ2n) is 5.09. The molecule has 0 saturated carbocycles. The van der Waals surface area contributed by atoms with Gasteiger partial charge in [-0.15, -0.1) is 0 Å². The predicted octanol–water partition coefficient (Wildman–Crippen LogP) is 1.52. The zero-order valence-corrected chi connectivity index (χ0v) is 11.4. The molecule has 102 valence electrons. The van der Waals surface area contributed by atoms with Crippen LogP contribution in [0.5, 0.6) is 0 Å². The van der Waals surface area contributed by atoms with Gasteiger partial charge < -0.3 is 15.2 Å². The van der Waals surface area contributed by atoms with Crippen molar-refractivity contribution in [3.05, 3.63) is 22.9 Å². The Morgan fingerprint density at radius 1 is 1.47 bits per heavy atom. The molecule has 1 saturated heterocycles. The number of rotatable bonds is 3. The zero-order valence-electron chi connectivity index (χ0n) is 11.4. The summed E-state index contributed by atoms with van der Waals surface area (Å²) in [7, 11) is 0. The van der Waals surface area contributed by atoms with E-state index in [2.05, 4.69) is 16.4 Å². The lowest BCUT2D eigenvalue weighted by molar-refractivity contribution is 0.0378. The molecule has 1 aliphatic rings. The number of anilines is 1. The fourth-order valence-electron chi connectivity index (χ4n) is 2.40. The maximum atomic E-state index is 9.68. The molecular formula is C14H19N3O2. The molecule has 5 nitrogen and oxygen atoms in total. The van der Waals surface area contributed by atoms with Crippen LogP contribution in [-0.4, -0.2) is 35.5 Å². The first-order valence-electron chi connectivity index (χ1n) is 6.45. The molecule has 0 unspecified atom stereocenters. The minimum absolute atomic E-state index is 0.00982. The molecule has 5 heteroatoms. The molecule has 2 rings (SSSR count). The summed E-state index contributed by atoms with van der Waals surface area (Å²) in [5.74, 6) is 0.566. The number of aryl methyl sites for hydroxylation is 2. The van der Waals surface area contributed by atoms with Crippen LogP contribution in [0.25, 0.3) is 0 Å². The third-order valence-corrected chi connectivity index (χ3v) is 3.59. The van der Waals surface area contributed by atoms with Gasteiger partial charge in [0.05, 0.1) is 17.7 Å². The van der Waals surface area contributed by atoms with Crippen molar-refractivity contribution in [2.45, 2.75) is 32.2 Å². The number of hydrogen-bond acceptors (Lipinski definition) is 5. The van der Waals surface area contributed by atoms with Crippen LogP contribution in [0.3, 0.4) is 0 Å². The SMILES string of the molecule is Cc1cc(C)c(C#N)c(NC2(CO)CCOCC2)n1. The highest BCUT2D eigenvalue weighted by molar-refractivity contribution is 5.57. The molecule has 0 radical (unpaired) electrons. The Labute approximate surface area is 113 Å². The summed E-state index contributed by atoms with van der Waals surface area (Å²) in [4.78, 5) is 4.41. The maximum Gasteiger partial charge on any atom is 0.144 e. The van der Waals surface area contributed by atoms with Crippen molar-refractivity contribution in [1.82, 2.24) is 4.98 Å². The summed E-state index contributed by atoms with van der Waals surface area (Å²) in [5.41, 5.74) is 1.87. The van der Waals surface area contributed by atoms with Gasteiger partial charge in [0, 0.05) is 18.9 Å². The van der Waals surface area contributed by atoms with Crippen molar-refractivity contribution >= 4 is 5.82 Å². The third kappa shape index (κ3) is 2.86. The van der Waals surface area contributed by atoms with E-state index >= 15 is 0 Å². The number of nitrogens with zero attached hydrogens (tertiary/aromatic N) is 2. The van der Waals surface area contributed by atoms with Crippen LogP contribution >= 0.6 is 0 Å². The molecule has 2 heterocycles.